The van der Waals surface area contributed by atoms with Crippen molar-refractivity contribution >= 4 is 11.6 Å². The summed E-state index contributed by atoms with van der Waals surface area (Å²) < 4.78 is 5.19. The predicted molar refractivity (Wildman–Crippen MR) is 77.4 cm³/mol. The maximum atomic E-state index is 5.92. The van der Waals surface area contributed by atoms with Gasteiger partial charge in [-0.2, -0.15) is 0 Å². The highest BCUT2D eigenvalue weighted by atomic mass is 16.5. The van der Waals surface area contributed by atoms with Gasteiger partial charge in [0.1, 0.15) is 17.5 Å². The number of rotatable bonds is 7. The Morgan fingerprint density at radius 3 is 2.79 bits per heavy atom. The second kappa shape index (κ2) is 6.19. The first-order valence-electron chi connectivity index (χ1n) is 7.05. The third-order valence-electron chi connectivity index (χ3n) is 3.65. The molecule has 0 bridgehead atoms. The number of ether oxygens (including phenoxy) is 1. The zero-order valence-corrected chi connectivity index (χ0v) is 12.1. The first-order valence-corrected chi connectivity index (χ1v) is 7.05. The van der Waals surface area contributed by atoms with Crippen LogP contribution in [0.15, 0.2) is 6.07 Å². The molecule has 1 unspecified atom stereocenters. The fourth-order valence-corrected chi connectivity index (χ4v) is 2.11. The Hall–Kier alpha value is -1.36. The van der Waals surface area contributed by atoms with Gasteiger partial charge in [-0.1, -0.05) is 6.92 Å². The summed E-state index contributed by atoms with van der Waals surface area (Å²) in [5.74, 6) is 2.92. The molecule has 1 aliphatic rings. The molecular formula is C14H24N4O. The highest BCUT2D eigenvalue weighted by Crippen LogP contribution is 2.39. The van der Waals surface area contributed by atoms with Crippen molar-refractivity contribution in [2.45, 2.75) is 45.1 Å². The van der Waals surface area contributed by atoms with E-state index in [0.717, 1.165) is 24.6 Å². The lowest BCUT2D eigenvalue weighted by Crippen LogP contribution is -2.36. The van der Waals surface area contributed by atoms with Crippen LogP contribution in [0.4, 0.5) is 11.6 Å². The summed E-state index contributed by atoms with van der Waals surface area (Å²) in [6.07, 6.45) is 3.43. The second-order valence-corrected chi connectivity index (χ2v) is 5.23. The summed E-state index contributed by atoms with van der Waals surface area (Å²) in [5.41, 5.74) is 5.92. The number of nitrogens with two attached hydrogens (primary N) is 1. The van der Waals surface area contributed by atoms with Gasteiger partial charge in [-0.15, -0.1) is 0 Å². The molecule has 1 aromatic heterocycles. The first kappa shape index (κ1) is 14.1. The Morgan fingerprint density at radius 1 is 1.47 bits per heavy atom. The number of anilines is 2. The van der Waals surface area contributed by atoms with Crippen molar-refractivity contribution in [3.8, 4) is 0 Å². The molecular weight excluding hydrogens is 240 g/mol. The van der Waals surface area contributed by atoms with Gasteiger partial charge in [-0.3, -0.25) is 0 Å². The van der Waals surface area contributed by atoms with Gasteiger partial charge in [-0.05, 0) is 26.2 Å². The lowest BCUT2D eigenvalue weighted by Gasteiger charge is -2.29. The van der Waals surface area contributed by atoms with Crippen molar-refractivity contribution in [2.75, 3.05) is 30.9 Å². The summed E-state index contributed by atoms with van der Waals surface area (Å²) in [5, 5.41) is 0. The molecule has 1 saturated carbocycles. The van der Waals surface area contributed by atoms with Gasteiger partial charge in [0.15, 0.2) is 0 Å². The Kier molecular flexibility index (Phi) is 4.58. The van der Waals surface area contributed by atoms with Gasteiger partial charge < -0.3 is 15.4 Å². The Labute approximate surface area is 115 Å². The van der Waals surface area contributed by atoms with Crippen LogP contribution < -0.4 is 10.6 Å². The van der Waals surface area contributed by atoms with E-state index in [0.29, 0.717) is 24.4 Å². The molecule has 1 heterocycles. The number of methoxy groups -OCH3 is 1. The third-order valence-corrected chi connectivity index (χ3v) is 3.65. The first-order chi connectivity index (χ1) is 9.15. The van der Waals surface area contributed by atoms with Gasteiger partial charge in [0.25, 0.3) is 0 Å². The average Bonchev–Trinajstić information content (AvgIpc) is 3.22. The minimum absolute atomic E-state index is 0.413. The quantitative estimate of drug-likeness (QED) is 0.817. The monoisotopic (exact) mass is 264 g/mol. The van der Waals surface area contributed by atoms with Gasteiger partial charge in [0.05, 0.1) is 6.61 Å². The second-order valence-electron chi connectivity index (χ2n) is 5.23. The minimum atomic E-state index is 0.413. The molecule has 1 aliphatic carbocycles. The van der Waals surface area contributed by atoms with E-state index in [1.807, 2.05) is 6.07 Å². The van der Waals surface area contributed by atoms with Gasteiger partial charge in [0, 0.05) is 31.7 Å². The van der Waals surface area contributed by atoms with E-state index in [9.17, 15) is 0 Å². The number of hydrogen-bond acceptors (Lipinski definition) is 5. The van der Waals surface area contributed by atoms with E-state index in [1.54, 1.807) is 7.11 Å². The van der Waals surface area contributed by atoms with Crippen molar-refractivity contribution in [1.82, 2.24) is 9.97 Å². The smallest absolute Gasteiger partial charge is 0.136 e. The van der Waals surface area contributed by atoms with Gasteiger partial charge >= 0.3 is 0 Å². The molecule has 0 saturated heterocycles. The third kappa shape index (κ3) is 3.56. The van der Waals surface area contributed by atoms with Gasteiger partial charge in [0.2, 0.25) is 0 Å². The van der Waals surface area contributed by atoms with Crippen LogP contribution in [0.2, 0.25) is 0 Å². The molecule has 1 atom stereocenters. The minimum Gasteiger partial charge on any atom is -0.384 e. The van der Waals surface area contributed by atoms with Crippen molar-refractivity contribution in [3.63, 3.8) is 0 Å². The van der Waals surface area contributed by atoms with Crippen molar-refractivity contribution in [2.24, 2.45) is 0 Å². The molecule has 2 N–H and O–H groups in total. The normalized spacial score (nSPS) is 16.4. The van der Waals surface area contributed by atoms with E-state index >= 15 is 0 Å². The lowest BCUT2D eigenvalue weighted by molar-refractivity contribution is 0.203. The number of nitrogens with zero attached hydrogens (tertiary/aromatic N) is 3. The van der Waals surface area contributed by atoms with E-state index in [-0.39, 0.29) is 0 Å². The van der Waals surface area contributed by atoms with E-state index in [2.05, 4.69) is 23.7 Å². The van der Waals surface area contributed by atoms with Crippen molar-refractivity contribution in [1.29, 1.82) is 0 Å². The van der Waals surface area contributed by atoms with Crippen LogP contribution in [-0.2, 0) is 4.74 Å². The molecule has 0 spiro atoms. The molecule has 0 radical (unpaired) electrons. The average molecular weight is 264 g/mol. The standard InChI is InChI=1S/C14H24N4O/c1-4-10(2)18(7-8-19-3)13-9-12(15)16-14(17-13)11-5-6-11/h9-11H,4-8H2,1-3H3,(H2,15,16,17). The number of hydrogen-bond donors (Lipinski definition) is 1. The van der Waals surface area contributed by atoms with Crippen LogP contribution in [-0.4, -0.2) is 36.3 Å². The van der Waals surface area contributed by atoms with Crippen LogP contribution in [0.25, 0.3) is 0 Å². The molecule has 1 fully saturated rings. The van der Waals surface area contributed by atoms with Crippen LogP contribution in [0, 0.1) is 0 Å². The maximum Gasteiger partial charge on any atom is 0.136 e. The molecule has 5 nitrogen and oxygen atoms in total. The summed E-state index contributed by atoms with van der Waals surface area (Å²) in [7, 11) is 1.72. The predicted octanol–water partition coefficient (Wildman–Crippen LogP) is 2.19. The Bertz CT molecular complexity index is 420. The molecule has 2 rings (SSSR count). The molecule has 106 valence electrons. The fourth-order valence-electron chi connectivity index (χ4n) is 2.11. The number of aromatic nitrogens is 2. The van der Waals surface area contributed by atoms with Crippen molar-refractivity contribution in [3.05, 3.63) is 11.9 Å². The zero-order chi connectivity index (χ0) is 13.8. The molecule has 5 heteroatoms. The Morgan fingerprint density at radius 2 is 2.21 bits per heavy atom. The Balaban J connectivity index is 2.23. The maximum absolute atomic E-state index is 5.92. The largest absolute Gasteiger partial charge is 0.384 e. The van der Waals surface area contributed by atoms with E-state index < -0.39 is 0 Å². The topological polar surface area (TPSA) is 64.3 Å². The summed E-state index contributed by atoms with van der Waals surface area (Å²) in [6.45, 7) is 5.89. The lowest BCUT2D eigenvalue weighted by atomic mass is 10.2. The van der Waals surface area contributed by atoms with Crippen LogP contribution in [0.3, 0.4) is 0 Å². The summed E-state index contributed by atoms with van der Waals surface area (Å²) in [6, 6.07) is 2.28. The zero-order valence-electron chi connectivity index (χ0n) is 12.1. The van der Waals surface area contributed by atoms with E-state index in [4.69, 9.17) is 15.5 Å². The highest BCUT2D eigenvalue weighted by Gasteiger charge is 2.28. The fraction of sp³-hybridized carbons (Fsp3) is 0.714. The van der Waals surface area contributed by atoms with Crippen molar-refractivity contribution < 1.29 is 4.74 Å². The summed E-state index contributed by atoms with van der Waals surface area (Å²) >= 11 is 0. The van der Waals surface area contributed by atoms with Crippen LogP contribution in [0.1, 0.15) is 44.9 Å². The molecule has 0 aliphatic heterocycles. The number of nitrogen functional groups attached to an aromatic ring is 1. The molecule has 1 aromatic rings. The highest BCUT2D eigenvalue weighted by molar-refractivity contribution is 5.48. The van der Waals surface area contributed by atoms with E-state index in [1.165, 1.54) is 12.8 Å². The van der Waals surface area contributed by atoms with Crippen LogP contribution >= 0.6 is 0 Å². The van der Waals surface area contributed by atoms with Crippen LogP contribution in [0.5, 0.6) is 0 Å². The summed E-state index contributed by atoms with van der Waals surface area (Å²) in [4.78, 5) is 11.3. The molecule has 0 amide bonds. The molecule has 19 heavy (non-hydrogen) atoms. The van der Waals surface area contributed by atoms with Gasteiger partial charge in [-0.25, -0.2) is 9.97 Å². The molecule has 0 aromatic carbocycles. The SMILES string of the molecule is CCC(C)N(CCOC)c1cc(N)nc(C2CC2)n1.